The number of amides is 1. The number of carbonyl (C=O) groups excluding carboxylic acids is 1. The van der Waals surface area contributed by atoms with Gasteiger partial charge in [-0.25, -0.2) is 0 Å². The Labute approximate surface area is 169 Å². The van der Waals surface area contributed by atoms with Crippen LogP contribution in [0.5, 0.6) is 11.5 Å². The molecule has 2 aromatic carbocycles. The maximum absolute atomic E-state index is 12.5. The van der Waals surface area contributed by atoms with E-state index in [9.17, 15) is 23.3 Å². The molecule has 0 aromatic heterocycles. The number of methoxy groups -OCH3 is 1. The van der Waals surface area contributed by atoms with Crippen molar-refractivity contribution in [3.05, 3.63) is 63.0 Å². The number of nitrogens with zero attached hydrogens (tertiary/aromatic N) is 2. The van der Waals surface area contributed by atoms with E-state index in [0.29, 0.717) is 10.5 Å². The van der Waals surface area contributed by atoms with Crippen LogP contribution in [0.4, 0.5) is 5.69 Å². The summed E-state index contributed by atoms with van der Waals surface area (Å²) in [5.74, 6) is -0.448. The summed E-state index contributed by atoms with van der Waals surface area (Å²) >= 11 is 1.02. The highest BCUT2D eigenvalue weighted by molar-refractivity contribution is 8.18. The molecule has 0 bridgehead atoms. The van der Waals surface area contributed by atoms with E-state index in [1.807, 2.05) is 0 Å². The molecule has 1 aliphatic heterocycles. The van der Waals surface area contributed by atoms with Crippen LogP contribution in [0.25, 0.3) is 6.08 Å². The molecule has 10 nitrogen and oxygen atoms in total. The summed E-state index contributed by atoms with van der Waals surface area (Å²) in [7, 11) is -2.92. The van der Waals surface area contributed by atoms with Crippen molar-refractivity contribution in [1.29, 1.82) is 0 Å². The lowest BCUT2D eigenvalue weighted by atomic mass is 10.2. The van der Waals surface area contributed by atoms with Crippen molar-refractivity contribution in [1.82, 2.24) is 0 Å². The van der Waals surface area contributed by atoms with Gasteiger partial charge in [0.25, 0.3) is 11.6 Å². The SMILES string of the molecule is COc1cc(/C=C2\SC(N)=NC2=O)ccc1OS(=O)(=O)c1ccc([N+](=O)[O-])cc1. The van der Waals surface area contributed by atoms with Crippen LogP contribution >= 0.6 is 11.8 Å². The number of thioether (sulfide) groups is 1. The Morgan fingerprint density at radius 3 is 2.41 bits per heavy atom. The first-order chi connectivity index (χ1) is 13.7. The number of non-ortho nitro benzene ring substituents is 1. The fourth-order valence-corrected chi connectivity index (χ4v) is 3.94. The van der Waals surface area contributed by atoms with Crippen molar-refractivity contribution in [2.24, 2.45) is 10.7 Å². The van der Waals surface area contributed by atoms with E-state index in [1.165, 1.54) is 31.4 Å². The highest BCUT2D eigenvalue weighted by Crippen LogP contribution is 2.33. The van der Waals surface area contributed by atoms with Crippen LogP contribution in [0.3, 0.4) is 0 Å². The van der Waals surface area contributed by atoms with Crippen molar-refractivity contribution >= 4 is 44.7 Å². The maximum atomic E-state index is 12.5. The minimum atomic E-state index is -4.25. The Kier molecular flexibility index (Phi) is 5.57. The van der Waals surface area contributed by atoms with Crippen LogP contribution < -0.4 is 14.7 Å². The van der Waals surface area contributed by atoms with Gasteiger partial charge in [-0.15, -0.1) is 0 Å². The second-order valence-corrected chi connectivity index (χ2v) is 8.17. The molecule has 1 aliphatic rings. The molecule has 0 saturated heterocycles. The van der Waals surface area contributed by atoms with E-state index in [2.05, 4.69) is 4.99 Å². The number of nitro benzene ring substituents is 1. The van der Waals surface area contributed by atoms with Gasteiger partial charge in [0.15, 0.2) is 16.7 Å². The maximum Gasteiger partial charge on any atom is 0.339 e. The molecule has 12 heteroatoms. The Hall–Kier alpha value is -3.38. The number of carbonyl (C=O) groups is 1. The average molecular weight is 435 g/mol. The topological polar surface area (TPSA) is 151 Å². The highest BCUT2D eigenvalue weighted by atomic mass is 32.2. The molecule has 3 rings (SSSR count). The molecule has 1 heterocycles. The van der Waals surface area contributed by atoms with Gasteiger partial charge in [0, 0.05) is 12.1 Å². The standard InChI is InChI=1S/C17H13N3O7S2/c1-26-14-8-10(9-15-16(21)19-17(18)28-15)2-7-13(14)27-29(24,25)12-5-3-11(4-6-12)20(22)23/h2-9H,1H3,(H2,18,19,21)/b15-9-. The van der Waals surface area contributed by atoms with Crippen molar-refractivity contribution in [3.8, 4) is 11.5 Å². The minimum Gasteiger partial charge on any atom is -0.493 e. The third kappa shape index (κ3) is 4.55. The van der Waals surface area contributed by atoms with Gasteiger partial charge in [0.1, 0.15) is 4.90 Å². The van der Waals surface area contributed by atoms with Crippen LogP contribution in [-0.2, 0) is 14.9 Å². The first-order valence-corrected chi connectivity index (χ1v) is 10.1. The predicted molar refractivity (Wildman–Crippen MR) is 106 cm³/mol. The minimum absolute atomic E-state index is 0.0887. The monoisotopic (exact) mass is 435 g/mol. The molecule has 0 fully saturated rings. The Bertz CT molecular complexity index is 1160. The molecule has 150 valence electrons. The number of nitro groups is 1. The van der Waals surface area contributed by atoms with Crippen molar-refractivity contribution in [2.75, 3.05) is 7.11 Å². The van der Waals surface area contributed by atoms with Gasteiger partial charge in [0.2, 0.25) is 0 Å². The van der Waals surface area contributed by atoms with Gasteiger partial charge in [-0.3, -0.25) is 14.9 Å². The number of hydrogen-bond acceptors (Lipinski definition) is 9. The lowest BCUT2D eigenvalue weighted by Crippen LogP contribution is -2.10. The van der Waals surface area contributed by atoms with Crippen LogP contribution in [0.1, 0.15) is 5.56 Å². The van der Waals surface area contributed by atoms with E-state index in [4.69, 9.17) is 14.7 Å². The zero-order valence-electron chi connectivity index (χ0n) is 14.8. The van der Waals surface area contributed by atoms with Crippen LogP contribution in [0, 0.1) is 10.1 Å². The van der Waals surface area contributed by atoms with E-state index >= 15 is 0 Å². The number of amidine groups is 1. The molecule has 0 aliphatic carbocycles. The zero-order chi connectivity index (χ0) is 21.2. The molecular weight excluding hydrogens is 422 g/mol. The third-order valence-corrected chi connectivity index (χ3v) is 5.72. The smallest absolute Gasteiger partial charge is 0.339 e. The third-order valence-electron chi connectivity index (χ3n) is 3.66. The van der Waals surface area contributed by atoms with Gasteiger partial charge in [0.05, 0.1) is 16.9 Å². The summed E-state index contributed by atoms with van der Waals surface area (Å²) in [5.41, 5.74) is 5.80. The van der Waals surface area contributed by atoms with E-state index < -0.39 is 20.9 Å². The molecule has 0 atom stereocenters. The van der Waals surface area contributed by atoms with Crippen LogP contribution in [0.15, 0.2) is 57.3 Å². The van der Waals surface area contributed by atoms with Crippen LogP contribution in [0.2, 0.25) is 0 Å². The Morgan fingerprint density at radius 1 is 1.17 bits per heavy atom. The number of rotatable bonds is 6. The number of ether oxygens (including phenoxy) is 1. The number of benzene rings is 2. The Balaban J connectivity index is 1.86. The first-order valence-electron chi connectivity index (χ1n) is 7.84. The van der Waals surface area contributed by atoms with Gasteiger partial charge in [-0.05, 0) is 47.7 Å². The molecule has 0 saturated carbocycles. The molecule has 1 amide bonds. The van der Waals surface area contributed by atoms with Gasteiger partial charge < -0.3 is 14.7 Å². The number of aliphatic imine (C=N–C) groups is 1. The predicted octanol–water partition coefficient (Wildman–Crippen LogP) is 2.30. The normalized spacial score (nSPS) is 15.3. The molecule has 0 unspecified atom stereocenters. The summed E-state index contributed by atoms with van der Waals surface area (Å²) in [6.07, 6.45) is 1.54. The lowest BCUT2D eigenvalue weighted by Gasteiger charge is -2.11. The molecule has 0 spiro atoms. The molecule has 0 radical (unpaired) electrons. The van der Waals surface area contributed by atoms with Crippen LogP contribution in [-0.4, -0.2) is 31.5 Å². The average Bonchev–Trinajstić information content (AvgIpc) is 2.99. The van der Waals surface area contributed by atoms with E-state index in [1.54, 1.807) is 0 Å². The van der Waals surface area contributed by atoms with Gasteiger partial charge >= 0.3 is 10.1 Å². The van der Waals surface area contributed by atoms with Gasteiger partial charge in [-0.1, -0.05) is 6.07 Å². The van der Waals surface area contributed by atoms with E-state index in [0.717, 1.165) is 36.0 Å². The van der Waals surface area contributed by atoms with Gasteiger partial charge in [-0.2, -0.15) is 13.4 Å². The first kappa shape index (κ1) is 20.4. The lowest BCUT2D eigenvalue weighted by molar-refractivity contribution is -0.384. The zero-order valence-corrected chi connectivity index (χ0v) is 16.4. The summed E-state index contributed by atoms with van der Waals surface area (Å²) in [6.45, 7) is 0. The number of hydrogen-bond donors (Lipinski definition) is 1. The fourth-order valence-electron chi connectivity index (χ4n) is 2.32. The summed E-state index contributed by atoms with van der Waals surface area (Å²) in [5, 5.41) is 10.8. The largest absolute Gasteiger partial charge is 0.493 e. The molecule has 2 N–H and O–H groups in total. The highest BCUT2D eigenvalue weighted by Gasteiger charge is 2.22. The second kappa shape index (κ2) is 7.93. The quantitative estimate of drug-likeness (QED) is 0.312. The van der Waals surface area contributed by atoms with Crippen molar-refractivity contribution in [3.63, 3.8) is 0 Å². The molecule has 2 aromatic rings. The number of nitrogens with two attached hydrogens (primary N) is 1. The summed E-state index contributed by atoms with van der Waals surface area (Å²) in [4.78, 5) is 25.4. The fraction of sp³-hybridized carbons (Fsp3) is 0.0588. The molecular formula is C17H13N3O7S2. The summed E-state index contributed by atoms with van der Waals surface area (Å²) < 4.78 is 35.2. The Morgan fingerprint density at radius 2 is 1.86 bits per heavy atom. The van der Waals surface area contributed by atoms with Crippen molar-refractivity contribution in [2.45, 2.75) is 4.90 Å². The van der Waals surface area contributed by atoms with E-state index in [-0.39, 0.29) is 27.2 Å². The summed E-state index contributed by atoms with van der Waals surface area (Å²) in [6, 6.07) is 8.65. The van der Waals surface area contributed by atoms with Crippen molar-refractivity contribution < 1.29 is 27.1 Å². The second-order valence-electron chi connectivity index (χ2n) is 5.56. The molecule has 29 heavy (non-hydrogen) atoms.